The number of hydrogen-bond acceptors (Lipinski definition) is 3. The van der Waals surface area contributed by atoms with Crippen LogP contribution in [0.15, 0.2) is 59.5 Å². The lowest BCUT2D eigenvalue weighted by Gasteiger charge is -2.21. The Morgan fingerprint density at radius 1 is 0.900 bits per heavy atom. The van der Waals surface area contributed by atoms with Crippen molar-refractivity contribution in [1.29, 1.82) is 0 Å². The molecule has 2 N–H and O–H groups in total. The normalized spacial score (nSPS) is 14.3. The van der Waals surface area contributed by atoms with Crippen LogP contribution >= 0.6 is 11.8 Å². The summed E-state index contributed by atoms with van der Waals surface area (Å²) in [5.74, 6) is 0.935. The molecular formula is C25H32N2O2S. The summed E-state index contributed by atoms with van der Waals surface area (Å²) in [5, 5.41) is 6.08. The van der Waals surface area contributed by atoms with Crippen LogP contribution in [0.5, 0.6) is 0 Å². The van der Waals surface area contributed by atoms with Crippen LogP contribution < -0.4 is 10.6 Å². The maximum Gasteiger partial charge on any atom is 0.252 e. The predicted octanol–water partition coefficient (Wildman–Crippen LogP) is 4.84. The number of nitrogens with one attached hydrogen (secondary N) is 2. The topological polar surface area (TPSA) is 58.2 Å². The molecule has 2 aromatic carbocycles. The minimum atomic E-state index is -0.0752. The molecule has 30 heavy (non-hydrogen) atoms. The van der Waals surface area contributed by atoms with Gasteiger partial charge in [-0.15, -0.1) is 11.8 Å². The lowest BCUT2D eigenvalue weighted by Crippen LogP contribution is -2.31. The minimum absolute atomic E-state index is 0.0450. The van der Waals surface area contributed by atoms with E-state index in [0.717, 1.165) is 24.3 Å². The quantitative estimate of drug-likeness (QED) is 0.424. The van der Waals surface area contributed by atoms with E-state index < -0.39 is 0 Å². The highest BCUT2D eigenvalue weighted by Gasteiger charge is 2.15. The average molecular weight is 425 g/mol. The molecule has 0 atom stereocenters. The standard InChI is InChI=1S/C25H32N2O2S/c28-24(27-18-21-12-5-2-6-13-21)19-30-23-16-8-7-15-22(23)25(29)26-17-9-14-20-10-3-1-4-11-20/h1,3-4,7-8,10-11,15-16,21H,2,5-6,9,12-14,17-19H2,(H,26,29)(H,27,28). The van der Waals surface area contributed by atoms with Gasteiger partial charge in [0, 0.05) is 18.0 Å². The summed E-state index contributed by atoms with van der Waals surface area (Å²) in [4.78, 5) is 25.7. The first-order valence-corrected chi connectivity index (χ1v) is 12.0. The van der Waals surface area contributed by atoms with Crippen LogP contribution in [0.3, 0.4) is 0 Å². The Bertz CT molecular complexity index is 804. The van der Waals surface area contributed by atoms with E-state index >= 15 is 0 Å². The monoisotopic (exact) mass is 424 g/mol. The smallest absolute Gasteiger partial charge is 0.252 e. The lowest BCUT2D eigenvalue weighted by atomic mass is 9.89. The molecule has 0 unspecified atom stereocenters. The highest BCUT2D eigenvalue weighted by molar-refractivity contribution is 8.00. The molecule has 1 aliphatic rings. The highest BCUT2D eigenvalue weighted by atomic mass is 32.2. The molecule has 5 heteroatoms. The van der Waals surface area contributed by atoms with Crippen molar-refractivity contribution >= 4 is 23.6 Å². The van der Waals surface area contributed by atoms with E-state index in [0.29, 0.717) is 23.8 Å². The third-order valence-electron chi connectivity index (χ3n) is 5.57. The first-order chi connectivity index (χ1) is 14.7. The molecule has 2 amide bonds. The largest absolute Gasteiger partial charge is 0.355 e. The van der Waals surface area contributed by atoms with Crippen molar-refractivity contribution in [3.05, 3.63) is 65.7 Å². The second-order valence-electron chi connectivity index (χ2n) is 7.94. The van der Waals surface area contributed by atoms with Crippen LogP contribution in [0.1, 0.15) is 54.4 Å². The Labute approximate surface area is 184 Å². The van der Waals surface area contributed by atoms with Crippen molar-refractivity contribution in [3.63, 3.8) is 0 Å². The van der Waals surface area contributed by atoms with E-state index in [-0.39, 0.29) is 11.8 Å². The number of carbonyl (C=O) groups excluding carboxylic acids is 2. The van der Waals surface area contributed by atoms with Gasteiger partial charge < -0.3 is 10.6 Å². The third kappa shape index (κ3) is 7.52. The van der Waals surface area contributed by atoms with Crippen LogP contribution in [-0.2, 0) is 11.2 Å². The number of amides is 2. The highest BCUT2D eigenvalue weighted by Crippen LogP contribution is 2.24. The van der Waals surface area contributed by atoms with Crippen molar-refractivity contribution in [2.24, 2.45) is 5.92 Å². The minimum Gasteiger partial charge on any atom is -0.355 e. The van der Waals surface area contributed by atoms with Crippen molar-refractivity contribution in [2.45, 2.75) is 49.8 Å². The Hall–Kier alpha value is -2.27. The summed E-state index contributed by atoms with van der Waals surface area (Å²) in [7, 11) is 0. The van der Waals surface area contributed by atoms with Crippen LogP contribution in [-0.4, -0.2) is 30.7 Å². The summed E-state index contributed by atoms with van der Waals surface area (Å²) in [5.41, 5.74) is 1.92. The van der Waals surface area contributed by atoms with Gasteiger partial charge in [-0.3, -0.25) is 9.59 Å². The molecule has 3 rings (SSSR count). The number of aryl methyl sites for hydroxylation is 1. The summed E-state index contributed by atoms with van der Waals surface area (Å²) in [6, 6.07) is 17.8. The third-order valence-corrected chi connectivity index (χ3v) is 6.65. The zero-order valence-electron chi connectivity index (χ0n) is 17.6. The Morgan fingerprint density at radius 3 is 2.43 bits per heavy atom. The first kappa shape index (κ1) is 22.4. The molecule has 0 spiro atoms. The fourth-order valence-corrected chi connectivity index (χ4v) is 4.74. The van der Waals surface area contributed by atoms with Crippen LogP contribution in [0, 0.1) is 5.92 Å². The second-order valence-corrected chi connectivity index (χ2v) is 8.96. The Kier molecular flexibility index (Phi) is 9.29. The maximum absolute atomic E-state index is 12.6. The first-order valence-electron chi connectivity index (χ1n) is 11.0. The molecule has 2 aromatic rings. The Balaban J connectivity index is 1.41. The van der Waals surface area contributed by atoms with Crippen molar-refractivity contribution in [2.75, 3.05) is 18.8 Å². The van der Waals surface area contributed by atoms with Gasteiger partial charge >= 0.3 is 0 Å². The molecule has 1 aliphatic carbocycles. The summed E-state index contributed by atoms with van der Waals surface area (Å²) in [6.07, 6.45) is 8.17. The van der Waals surface area contributed by atoms with Gasteiger partial charge in [-0.25, -0.2) is 0 Å². The molecule has 160 valence electrons. The average Bonchev–Trinajstić information content (AvgIpc) is 2.80. The number of benzene rings is 2. The van der Waals surface area contributed by atoms with Crippen molar-refractivity contribution in [1.82, 2.24) is 10.6 Å². The molecule has 0 saturated heterocycles. The van der Waals surface area contributed by atoms with Gasteiger partial charge in [-0.05, 0) is 49.3 Å². The summed E-state index contributed by atoms with van der Waals surface area (Å²) in [6.45, 7) is 1.41. The van der Waals surface area contributed by atoms with Gasteiger partial charge in [0.1, 0.15) is 0 Å². The fourth-order valence-electron chi connectivity index (χ4n) is 3.86. The van der Waals surface area contributed by atoms with Gasteiger partial charge in [0.2, 0.25) is 5.91 Å². The molecule has 0 aromatic heterocycles. The predicted molar refractivity (Wildman–Crippen MR) is 124 cm³/mol. The second kappa shape index (κ2) is 12.4. The number of rotatable bonds is 10. The molecule has 0 aliphatic heterocycles. The molecule has 1 saturated carbocycles. The van der Waals surface area contributed by atoms with Crippen LogP contribution in [0.25, 0.3) is 0 Å². The van der Waals surface area contributed by atoms with Crippen molar-refractivity contribution < 1.29 is 9.59 Å². The number of thioether (sulfide) groups is 1. The zero-order chi connectivity index (χ0) is 21.0. The van der Waals surface area contributed by atoms with Gasteiger partial charge in [-0.1, -0.05) is 61.7 Å². The van der Waals surface area contributed by atoms with Gasteiger partial charge in [0.05, 0.1) is 11.3 Å². The SMILES string of the molecule is O=C(CSc1ccccc1C(=O)NCCCc1ccccc1)NCC1CCCCC1. The summed E-state index contributed by atoms with van der Waals surface area (Å²) >= 11 is 1.43. The van der Waals surface area contributed by atoms with Gasteiger partial charge in [-0.2, -0.15) is 0 Å². The van der Waals surface area contributed by atoms with E-state index in [9.17, 15) is 9.59 Å². The van der Waals surface area contributed by atoms with E-state index in [4.69, 9.17) is 0 Å². The fraction of sp³-hybridized carbons (Fsp3) is 0.440. The van der Waals surface area contributed by atoms with E-state index in [2.05, 4.69) is 22.8 Å². The molecule has 4 nitrogen and oxygen atoms in total. The molecule has 0 bridgehead atoms. The maximum atomic E-state index is 12.6. The van der Waals surface area contributed by atoms with Gasteiger partial charge in [0.25, 0.3) is 5.91 Å². The molecular weight excluding hydrogens is 392 g/mol. The van der Waals surface area contributed by atoms with Crippen molar-refractivity contribution in [3.8, 4) is 0 Å². The van der Waals surface area contributed by atoms with Gasteiger partial charge in [0.15, 0.2) is 0 Å². The van der Waals surface area contributed by atoms with Crippen LogP contribution in [0.2, 0.25) is 0 Å². The molecule has 1 fully saturated rings. The number of hydrogen-bond donors (Lipinski definition) is 2. The summed E-state index contributed by atoms with van der Waals surface area (Å²) < 4.78 is 0. The number of carbonyl (C=O) groups is 2. The Morgan fingerprint density at radius 2 is 1.63 bits per heavy atom. The zero-order valence-corrected chi connectivity index (χ0v) is 18.4. The molecule has 0 heterocycles. The molecule has 0 radical (unpaired) electrons. The lowest BCUT2D eigenvalue weighted by molar-refractivity contribution is -0.118. The van der Waals surface area contributed by atoms with E-state index in [1.54, 1.807) is 0 Å². The van der Waals surface area contributed by atoms with Crippen LogP contribution in [0.4, 0.5) is 0 Å². The van der Waals surface area contributed by atoms with E-state index in [1.165, 1.54) is 49.4 Å². The van der Waals surface area contributed by atoms with E-state index in [1.807, 2.05) is 42.5 Å².